The van der Waals surface area contributed by atoms with Gasteiger partial charge in [-0.2, -0.15) is 0 Å². The van der Waals surface area contributed by atoms with Gasteiger partial charge < -0.3 is 10.7 Å². The van der Waals surface area contributed by atoms with Crippen molar-refractivity contribution in [1.82, 2.24) is 30.8 Å². The number of anilines is 1. The predicted molar refractivity (Wildman–Crippen MR) is 121 cm³/mol. The molecule has 1 saturated carbocycles. The van der Waals surface area contributed by atoms with Crippen molar-refractivity contribution in [3.8, 4) is 11.1 Å². The first kappa shape index (κ1) is 19.3. The van der Waals surface area contributed by atoms with Crippen LogP contribution in [0, 0.1) is 11.7 Å². The molecule has 1 aliphatic carbocycles. The highest BCUT2D eigenvalue weighted by molar-refractivity contribution is 5.89. The van der Waals surface area contributed by atoms with Gasteiger partial charge in [-0.1, -0.05) is 18.2 Å². The maximum absolute atomic E-state index is 14.5. The quantitative estimate of drug-likeness (QED) is 0.394. The molecule has 3 aromatic heterocycles. The van der Waals surface area contributed by atoms with E-state index in [4.69, 9.17) is 10.7 Å². The van der Waals surface area contributed by atoms with Gasteiger partial charge in [0.25, 0.3) is 0 Å². The maximum atomic E-state index is 14.5. The van der Waals surface area contributed by atoms with Crippen LogP contribution in [0.2, 0.25) is 0 Å². The van der Waals surface area contributed by atoms with E-state index in [0.29, 0.717) is 34.8 Å². The zero-order valence-corrected chi connectivity index (χ0v) is 17.4. The number of hydrogen-bond donors (Lipinski definition) is 4. The Bertz CT molecular complexity index is 1290. The zero-order valence-electron chi connectivity index (χ0n) is 17.4. The third-order valence-corrected chi connectivity index (χ3v) is 6.87. The van der Waals surface area contributed by atoms with E-state index >= 15 is 0 Å². The molecular formula is C24H24FN7. The Morgan fingerprint density at radius 1 is 1.03 bits per heavy atom. The molecule has 1 saturated heterocycles. The molecule has 0 radical (unpaired) electrons. The summed E-state index contributed by atoms with van der Waals surface area (Å²) in [6.45, 7) is 0. The molecule has 4 unspecified atom stereocenters. The summed E-state index contributed by atoms with van der Waals surface area (Å²) in [4.78, 5) is 17.0. The second kappa shape index (κ2) is 7.65. The standard InChI is InChI=1S/C24H24FN7/c25-19-4-2-1-3-16(19)17-7-8-28-23-21(17)29-24(30-23)22-18-10-13(5-6-20(18)31-32-22)14-9-15(26)12-27-11-14/h1-4,7-9,11-13,18,20,22,31-32H,5-6,10,26H2,(H,28,29,30). The van der Waals surface area contributed by atoms with Crippen molar-refractivity contribution in [1.29, 1.82) is 0 Å². The number of aromatic nitrogens is 4. The molecule has 6 rings (SSSR count). The Morgan fingerprint density at radius 3 is 2.81 bits per heavy atom. The van der Waals surface area contributed by atoms with Crippen molar-refractivity contribution in [2.45, 2.75) is 37.3 Å². The van der Waals surface area contributed by atoms with Crippen molar-refractivity contribution in [2.24, 2.45) is 5.92 Å². The lowest BCUT2D eigenvalue weighted by molar-refractivity contribution is 0.274. The average molecular weight is 430 g/mol. The van der Waals surface area contributed by atoms with Crippen molar-refractivity contribution < 1.29 is 4.39 Å². The van der Waals surface area contributed by atoms with Crippen molar-refractivity contribution in [3.63, 3.8) is 0 Å². The lowest BCUT2D eigenvalue weighted by Gasteiger charge is -2.32. The Balaban J connectivity index is 1.34. The summed E-state index contributed by atoms with van der Waals surface area (Å²) in [5.41, 5.74) is 17.4. The highest BCUT2D eigenvalue weighted by atomic mass is 19.1. The number of fused-ring (bicyclic) bond motifs is 2. The van der Waals surface area contributed by atoms with Crippen LogP contribution in [0.1, 0.15) is 42.6 Å². The summed E-state index contributed by atoms with van der Waals surface area (Å²) in [7, 11) is 0. The number of H-pyrrole nitrogens is 1. The molecule has 32 heavy (non-hydrogen) atoms. The van der Waals surface area contributed by atoms with E-state index in [-0.39, 0.29) is 11.9 Å². The molecule has 0 spiro atoms. The van der Waals surface area contributed by atoms with Gasteiger partial charge in [0, 0.05) is 35.8 Å². The molecule has 162 valence electrons. The molecule has 1 aromatic carbocycles. The summed E-state index contributed by atoms with van der Waals surface area (Å²) in [5, 5.41) is 0. The molecule has 0 amide bonds. The fourth-order valence-electron chi connectivity index (χ4n) is 5.31. The van der Waals surface area contributed by atoms with E-state index in [2.05, 4.69) is 25.8 Å². The fourth-order valence-corrected chi connectivity index (χ4v) is 5.31. The SMILES string of the molecule is Nc1cncc(C2CCC3NNC(c4nc5nccc(-c6ccccc6F)c5[nH]4)C3C2)c1. The minimum atomic E-state index is -0.261. The smallest absolute Gasteiger partial charge is 0.178 e. The first-order valence-corrected chi connectivity index (χ1v) is 11.0. The number of nitrogens with zero attached hydrogens (tertiary/aromatic N) is 3. The highest BCUT2D eigenvalue weighted by Gasteiger charge is 2.42. The molecule has 0 bridgehead atoms. The van der Waals surface area contributed by atoms with Crippen LogP contribution in [0.15, 0.2) is 55.0 Å². The molecule has 2 fully saturated rings. The van der Waals surface area contributed by atoms with Gasteiger partial charge in [-0.05, 0) is 54.9 Å². The summed E-state index contributed by atoms with van der Waals surface area (Å²) >= 11 is 0. The number of nitrogen functional groups attached to an aromatic ring is 1. The second-order valence-corrected chi connectivity index (χ2v) is 8.76. The number of pyridine rings is 2. The topological polar surface area (TPSA) is 105 Å². The maximum Gasteiger partial charge on any atom is 0.178 e. The molecule has 2 aliphatic rings. The first-order valence-electron chi connectivity index (χ1n) is 11.0. The van der Waals surface area contributed by atoms with Gasteiger partial charge in [0.2, 0.25) is 0 Å². The molecule has 8 heteroatoms. The molecule has 7 nitrogen and oxygen atoms in total. The third-order valence-electron chi connectivity index (χ3n) is 6.87. The van der Waals surface area contributed by atoms with Gasteiger partial charge in [0.15, 0.2) is 5.65 Å². The van der Waals surface area contributed by atoms with Crippen LogP contribution in [0.25, 0.3) is 22.3 Å². The number of aromatic amines is 1. The van der Waals surface area contributed by atoms with E-state index < -0.39 is 0 Å². The van der Waals surface area contributed by atoms with Crippen LogP contribution in [0.5, 0.6) is 0 Å². The summed E-state index contributed by atoms with van der Waals surface area (Å²) in [6, 6.07) is 11.0. The van der Waals surface area contributed by atoms with Crippen LogP contribution in [-0.4, -0.2) is 26.0 Å². The highest BCUT2D eigenvalue weighted by Crippen LogP contribution is 2.44. The number of hydrogen-bond acceptors (Lipinski definition) is 6. The number of benzene rings is 1. The van der Waals surface area contributed by atoms with E-state index in [0.717, 1.165) is 36.2 Å². The number of hydrazine groups is 1. The van der Waals surface area contributed by atoms with Gasteiger partial charge in [-0.3, -0.25) is 10.4 Å². The van der Waals surface area contributed by atoms with Crippen molar-refractivity contribution >= 4 is 16.9 Å². The Morgan fingerprint density at radius 2 is 1.94 bits per heavy atom. The summed E-state index contributed by atoms with van der Waals surface area (Å²) < 4.78 is 14.5. The lowest BCUT2D eigenvalue weighted by Crippen LogP contribution is -2.34. The Hall–Kier alpha value is -3.36. The van der Waals surface area contributed by atoms with Gasteiger partial charge in [-0.25, -0.2) is 19.8 Å². The molecule has 5 N–H and O–H groups in total. The number of imidazole rings is 1. The minimum absolute atomic E-state index is 0.0134. The molecule has 4 atom stereocenters. The summed E-state index contributed by atoms with van der Waals surface area (Å²) in [6.07, 6.45) is 8.45. The first-order chi connectivity index (χ1) is 15.7. The van der Waals surface area contributed by atoms with Gasteiger partial charge in [-0.15, -0.1) is 0 Å². The van der Waals surface area contributed by atoms with Gasteiger partial charge in [0.05, 0.1) is 17.2 Å². The Labute approximate surface area is 184 Å². The van der Waals surface area contributed by atoms with Crippen LogP contribution in [0.4, 0.5) is 10.1 Å². The number of nitrogens with one attached hydrogen (secondary N) is 3. The monoisotopic (exact) mass is 429 g/mol. The molecular weight excluding hydrogens is 405 g/mol. The van der Waals surface area contributed by atoms with E-state index in [1.165, 1.54) is 11.6 Å². The van der Waals surface area contributed by atoms with Crippen LogP contribution in [-0.2, 0) is 0 Å². The molecule has 4 heterocycles. The number of halogens is 1. The van der Waals surface area contributed by atoms with Gasteiger partial charge >= 0.3 is 0 Å². The molecule has 1 aliphatic heterocycles. The van der Waals surface area contributed by atoms with Crippen molar-refractivity contribution in [2.75, 3.05) is 5.73 Å². The van der Waals surface area contributed by atoms with Crippen molar-refractivity contribution in [3.05, 3.63) is 72.2 Å². The van der Waals surface area contributed by atoms with Crippen LogP contribution >= 0.6 is 0 Å². The Kier molecular flexibility index (Phi) is 4.62. The van der Waals surface area contributed by atoms with E-state index in [9.17, 15) is 4.39 Å². The molecule has 4 aromatic rings. The number of rotatable bonds is 3. The average Bonchev–Trinajstić information content (AvgIpc) is 3.43. The third kappa shape index (κ3) is 3.23. The van der Waals surface area contributed by atoms with Gasteiger partial charge in [0.1, 0.15) is 11.6 Å². The predicted octanol–water partition coefficient (Wildman–Crippen LogP) is 3.84. The second-order valence-electron chi connectivity index (χ2n) is 8.76. The van der Waals surface area contributed by atoms with E-state index in [1.54, 1.807) is 24.5 Å². The zero-order chi connectivity index (χ0) is 21.7. The number of nitrogens with two attached hydrogens (primary N) is 1. The fraction of sp³-hybridized carbons (Fsp3) is 0.292. The van der Waals surface area contributed by atoms with Crippen LogP contribution < -0.4 is 16.6 Å². The minimum Gasteiger partial charge on any atom is -0.397 e. The normalized spacial score (nSPS) is 25.2. The van der Waals surface area contributed by atoms with Crippen LogP contribution in [0.3, 0.4) is 0 Å². The lowest BCUT2D eigenvalue weighted by atomic mass is 9.73. The largest absolute Gasteiger partial charge is 0.397 e. The van der Waals surface area contributed by atoms with E-state index in [1.807, 2.05) is 24.4 Å². The summed E-state index contributed by atoms with van der Waals surface area (Å²) in [5.74, 6) is 1.32.